The minimum atomic E-state index is -3.94. The minimum Gasteiger partial charge on any atom is -0.497 e. The van der Waals surface area contributed by atoms with E-state index in [1.54, 1.807) is 24.3 Å². The molecule has 1 saturated carbocycles. The number of hydrogen-bond acceptors (Lipinski definition) is 5. The number of hydrogen-bond donors (Lipinski definition) is 3. The lowest BCUT2D eigenvalue weighted by molar-refractivity contribution is -0.123. The highest BCUT2D eigenvalue weighted by molar-refractivity contribution is 7.92. The van der Waals surface area contributed by atoms with Gasteiger partial charge in [0.2, 0.25) is 5.91 Å². The number of nitrogens with one attached hydrogen (secondary N) is 3. The Labute approximate surface area is 204 Å². The lowest BCUT2D eigenvalue weighted by atomic mass is 10.0. The first kappa shape index (κ1) is 24.3. The molecule has 0 aromatic heterocycles. The summed E-state index contributed by atoms with van der Waals surface area (Å²) in [6.07, 6.45) is 2.18. The molecular formula is C26H27N3O5S. The Kier molecular flexibility index (Phi) is 7.36. The quantitative estimate of drug-likeness (QED) is 0.402. The Morgan fingerprint density at radius 1 is 0.971 bits per heavy atom. The number of benzene rings is 3. The van der Waals surface area contributed by atoms with Crippen LogP contribution < -0.4 is 20.1 Å². The van der Waals surface area contributed by atoms with Crippen molar-refractivity contribution in [1.82, 2.24) is 10.6 Å². The Morgan fingerprint density at radius 3 is 2.34 bits per heavy atom. The summed E-state index contributed by atoms with van der Waals surface area (Å²) in [6, 6.07) is 20.9. The van der Waals surface area contributed by atoms with E-state index in [2.05, 4.69) is 15.4 Å². The summed E-state index contributed by atoms with van der Waals surface area (Å²) in [5.74, 6) is -0.185. The van der Waals surface area contributed by atoms with Crippen LogP contribution in [0.2, 0.25) is 0 Å². The lowest BCUT2D eigenvalue weighted by Gasteiger charge is -2.19. The molecule has 9 heteroatoms. The molecule has 35 heavy (non-hydrogen) atoms. The predicted octanol–water partition coefficient (Wildman–Crippen LogP) is 3.12. The first-order valence-electron chi connectivity index (χ1n) is 11.3. The maximum absolute atomic E-state index is 13.0. The van der Waals surface area contributed by atoms with Crippen molar-refractivity contribution in [3.8, 4) is 5.75 Å². The molecule has 2 amide bonds. The average molecular weight is 494 g/mol. The molecule has 0 bridgehead atoms. The van der Waals surface area contributed by atoms with Gasteiger partial charge in [-0.3, -0.25) is 14.3 Å². The third-order valence-electron chi connectivity index (χ3n) is 5.58. The molecule has 8 nitrogen and oxygen atoms in total. The highest BCUT2D eigenvalue weighted by Crippen LogP contribution is 2.21. The molecule has 3 aromatic rings. The van der Waals surface area contributed by atoms with Crippen molar-refractivity contribution in [3.05, 3.63) is 90.0 Å². The highest BCUT2D eigenvalue weighted by Gasteiger charge is 2.29. The van der Waals surface area contributed by atoms with Crippen LogP contribution >= 0.6 is 0 Å². The fourth-order valence-corrected chi connectivity index (χ4v) is 4.61. The maximum atomic E-state index is 13.0. The van der Waals surface area contributed by atoms with Crippen LogP contribution in [0.3, 0.4) is 0 Å². The number of methoxy groups -OCH3 is 1. The fourth-order valence-electron chi connectivity index (χ4n) is 3.51. The third kappa shape index (κ3) is 6.60. The molecule has 0 spiro atoms. The van der Waals surface area contributed by atoms with Crippen LogP contribution in [0.4, 0.5) is 5.69 Å². The minimum absolute atomic E-state index is 0.0667. The van der Waals surface area contributed by atoms with E-state index >= 15 is 0 Å². The second-order valence-corrected chi connectivity index (χ2v) is 10.0. The van der Waals surface area contributed by atoms with Crippen LogP contribution in [0.1, 0.15) is 28.8 Å². The number of rotatable bonds is 10. The van der Waals surface area contributed by atoms with Crippen molar-refractivity contribution < 1.29 is 22.7 Å². The van der Waals surface area contributed by atoms with Crippen LogP contribution in [0, 0.1) is 0 Å². The van der Waals surface area contributed by atoms with Gasteiger partial charge in [0.15, 0.2) is 0 Å². The predicted molar refractivity (Wildman–Crippen MR) is 133 cm³/mol. The first-order valence-corrected chi connectivity index (χ1v) is 12.7. The number of carbonyl (C=O) groups is 2. The Balaban J connectivity index is 1.50. The second kappa shape index (κ2) is 10.6. The summed E-state index contributed by atoms with van der Waals surface area (Å²) in [5, 5.41) is 5.71. The first-order chi connectivity index (χ1) is 16.8. The molecule has 3 N–H and O–H groups in total. The molecule has 1 unspecified atom stereocenters. The Hall–Kier alpha value is -3.85. The van der Waals surface area contributed by atoms with Gasteiger partial charge in [-0.25, -0.2) is 8.42 Å². The zero-order chi connectivity index (χ0) is 24.8. The molecule has 0 aliphatic heterocycles. The zero-order valence-electron chi connectivity index (χ0n) is 19.2. The van der Waals surface area contributed by atoms with E-state index in [4.69, 9.17) is 4.74 Å². The van der Waals surface area contributed by atoms with Crippen LogP contribution in [-0.2, 0) is 21.2 Å². The monoisotopic (exact) mass is 493 g/mol. The SMILES string of the molecule is COc1ccc(NS(=O)(=O)c2cccc(C(=O)NC(Cc3ccccc3)C(=O)NC3CC3)c2)cc1. The van der Waals surface area contributed by atoms with Gasteiger partial charge in [-0.1, -0.05) is 36.4 Å². The zero-order valence-corrected chi connectivity index (χ0v) is 20.0. The molecule has 0 saturated heterocycles. The van der Waals surface area contributed by atoms with Gasteiger partial charge in [0.05, 0.1) is 12.0 Å². The van der Waals surface area contributed by atoms with Crippen molar-refractivity contribution in [2.75, 3.05) is 11.8 Å². The largest absolute Gasteiger partial charge is 0.497 e. The number of carbonyl (C=O) groups excluding carboxylic acids is 2. The topological polar surface area (TPSA) is 114 Å². The van der Waals surface area contributed by atoms with E-state index in [0.29, 0.717) is 17.9 Å². The van der Waals surface area contributed by atoms with Gasteiger partial charge in [-0.05, 0) is 60.9 Å². The Bertz CT molecular complexity index is 1290. The summed E-state index contributed by atoms with van der Waals surface area (Å²) in [6.45, 7) is 0. The summed E-state index contributed by atoms with van der Waals surface area (Å²) in [7, 11) is -2.42. The van der Waals surface area contributed by atoms with Crippen molar-refractivity contribution in [2.45, 2.75) is 36.2 Å². The van der Waals surface area contributed by atoms with Crippen LogP contribution in [0.15, 0.2) is 83.8 Å². The summed E-state index contributed by atoms with van der Waals surface area (Å²) in [4.78, 5) is 25.8. The summed E-state index contributed by atoms with van der Waals surface area (Å²) < 4.78 is 33.4. The molecule has 1 aliphatic carbocycles. The van der Waals surface area contributed by atoms with E-state index in [1.165, 1.54) is 31.4 Å². The molecule has 0 heterocycles. The van der Waals surface area contributed by atoms with E-state index in [-0.39, 0.29) is 22.4 Å². The van der Waals surface area contributed by atoms with Crippen LogP contribution in [0.5, 0.6) is 5.75 Å². The van der Waals surface area contributed by atoms with E-state index < -0.39 is 22.0 Å². The number of amides is 2. The van der Waals surface area contributed by atoms with Crippen LogP contribution in [0.25, 0.3) is 0 Å². The summed E-state index contributed by atoms with van der Waals surface area (Å²) in [5.41, 5.74) is 1.41. The molecule has 1 fully saturated rings. The highest BCUT2D eigenvalue weighted by atomic mass is 32.2. The van der Waals surface area contributed by atoms with Gasteiger partial charge < -0.3 is 15.4 Å². The van der Waals surface area contributed by atoms with E-state index in [9.17, 15) is 18.0 Å². The van der Waals surface area contributed by atoms with Gasteiger partial charge in [-0.15, -0.1) is 0 Å². The van der Waals surface area contributed by atoms with E-state index in [0.717, 1.165) is 18.4 Å². The molecule has 1 atom stereocenters. The summed E-state index contributed by atoms with van der Waals surface area (Å²) >= 11 is 0. The fraction of sp³-hybridized carbons (Fsp3) is 0.231. The second-order valence-electron chi connectivity index (χ2n) is 8.36. The molecule has 182 valence electrons. The number of anilines is 1. The van der Waals surface area contributed by atoms with Gasteiger partial charge >= 0.3 is 0 Å². The molecule has 4 rings (SSSR count). The van der Waals surface area contributed by atoms with Crippen molar-refractivity contribution >= 4 is 27.5 Å². The molecule has 0 radical (unpaired) electrons. The van der Waals surface area contributed by atoms with Gasteiger partial charge in [0, 0.05) is 23.7 Å². The van der Waals surface area contributed by atoms with Crippen molar-refractivity contribution in [1.29, 1.82) is 0 Å². The van der Waals surface area contributed by atoms with Gasteiger partial charge in [0.25, 0.3) is 15.9 Å². The molecule has 1 aliphatic rings. The number of sulfonamides is 1. The Morgan fingerprint density at radius 2 is 1.69 bits per heavy atom. The molecular weight excluding hydrogens is 466 g/mol. The molecule has 3 aromatic carbocycles. The van der Waals surface area contributed by atoms with Crippen molar-refractivity contribution in [3.63, 3.8) is 0 Å². The average Bonchev–Trinajstić information content (AvgIpc) is 3.68. The van der Waals surface area contributed by atoms with E-state index in [1.807, 2.05) is 30.3 Å². The smallest absolute Gasteiger partial charge is 0.261 e. The maximum Gasteiger partial charge on any atom is 0.261 e. The van der Waals surface area contributed by atoms with Crippen molar-refractivity contribution in [2.24, 2.45) is 0 Å². The third-order valence-corrected chi connectivity index (χ3v) is 6.96. The lowest BCUT2D eigenvalue weighted by Crippen LogP contribution is -2.48. The van der Waals surface area contributed by atoms with Gasteiger partial charge in [-0.2, -0.15) is 0 Å². The van der Waals surface area contributed by atoms with Gasteiger partial charge in [0.1, 0.15) is 11.8 Å². The van der Waals surface area contributed by atoms with Crippen LogP contribution in [-0.4, -0.2) is 39.4 Å². The normalized spacial score (nSPS) is 14.0. The standard InChI is InChI=1S/C26H27N3O5S/c1-34-22-14-12-21(13-15-22)29-35(32,33)23-9-5-8-19(17-23)25(30)28-24(26(31)27-20-10-11-20)16-18-6-3-2-4-7-18/h2-9,12-15,17,20,24,29H,10-11,16H2,1H3,(H,27,31)(H,28,30). The number of ether oxygens (including phenoxy) is 1.